The van der Waals surface area contributed by atoms with Gasteiger partial charge in [-0.25, -0.2) is 4.79 Å². The van der Waals surface area contributed by atoms with Crippen molar-refractivity contribution in [3.63, 3.8) is 0 Å². The largest absolute Gasteiger partial charge is 0.444 e. The summed E-state index contributed by atoms with van der Waals surface area (Å²) in [5, 5.41) is 9.06. The van der Waals surface area contributed by atoms with Gasteiger partial charge in [-0.3, -0.25) is 0 Å². The minimum atomic E-state index is -0.422. The predicted octanol–water partition coefficient (Wildman–Crippen LogP) is 3.76. The SMILES string of the molecule is CC(C)(C)OC(=O)N1CCC(CCc2ccc(CO)cc2)CC1. The minimum Gasteiger partial charge on any atom is -0.444 e. The molecular formula is C19H29NO3. The van der Waals surface area contributed by atoms with Crippen LogP contribution in [0.25, 0.3) is 0 Å². The average molecular weight is 319 g/mol. The monoisotopic (exact) mass is 319 g/mol. The Balaban J connectivity index is 1.73. The molecule has 1 aliphatic rings. The van der Waals surface area contributed by atoms with E-state index in [1.807, 2.05) is 37.8 Å². The van der Waals surface area contributed by atoms with Crippen LogP contribution in [0.1, 0.15) is 51.2 Å². The summed E-state index contributed by atoms with van der Waals surface area (Å²) in [5.41, 5.74) is 1.85. The molecule has 23 heavy (non-hydrogen) atoms. The molecule has 128 valence electrons. The topological polar surface area (TPSA) is 49.8 Å². The zero-order chi connectivity index (χ0) is 16.9. The summed E-state index contributed by atoms with van der Waals surface area (Å²) in [6.45, 7) is 7.40. The van der Waals surface area contributed by atoms with Crippen molar-refractivity contribution in [2.24, 2.45) is 5.92 Å². The highest BCUT2D eigenvalue weighted by atomic mass is 16.6. The lowest BCUT2D eigenvalue weighted by molar-refractivity contribution is 0.0181. The molecule has 1 fully saturated rings. The number of aliphatic hydroxyl groups is 1. The maximum absolute atomic E-state index is 12.0. The van der Waals surface area contributed by atoms with Crippen LogP contribution in [0.15, 0.2) is 24.3 Å². The first-order chi connectivity index (χ1) is 10.9. The fourth-order valence-electron chi connectivity index (χ4n) is 2.91. The predicted molar refractivity (Wildman–Crippen MR) is 91.2 cm³/mol. The van der Waals surface area contributed by atoms with Crippen molar-refractivity contribution in [1.82, 2.24) is 4.90 Å². The first kappa shape index (κ1) is 17.8. The van der Waals surface area contributed by atoms with Crippen LogP contribution in [-0.2, 0) is 17.8 Å². The van der Waals surface area contributed by atoms with Crippen LogP contribution < -0.4 is 0 Å². The number of carbonyl (C=O) groups excluding carboxylic acids is 1. The summed E-state index contributed by atoms with van der Waals surface area (Å²) in [5.74, 6) is 0.672. The fraction of sp³-hybridized carbons (Fsp3) is 0.632. The lowest BCUT2D eigenvalue weighted by Crippen LogP contribution is -2.41. The number of hydrogen-bond acceptors (Lipinski definition) is 3. The van der Waals surface area contributed by atoms with Gasteiger partial charge in [-0.15, -0.1) is 0 Å². The smallest absolute Gasteiger partial charge is 0.410 e. The Bertz CT molecular complexity index is 496. The number of carbonyl (C=O) groups is 1. The van der Waals surface area contributed by atoms with Gasteiger partial charge in [0.05, 0.1) is 6.61 Å². The third kappa shape index (κ3) is 5.87. The molecule has 1 aliphatic heterocycles. The first-order valence-electron chi connectivity index (χ1n) is 8.54. The normalized spacial score (nSPS) is 16.4. The van der Waals surface area contributed by atoms with Crippen LogP contribution in [-0.4, -0.2) is 34.8 Å². The first-order valence-corrected chi connectivity index (χ1v) is 8.54. The van der Waals surface area contributed by atoms with Gasteiger partial charge < -0.3 is 14.7 Å². The molecule has 4 nitrogen and oxygen atoms in total. The number of hydrogen-bond donors (Lipinski definition) is 1. The van der Waals surface area contributed by atoms with E-state index in [9.17, 15) is 4.79 Å². The van der Waals surface area contributed by atoms with E-state index in [1.54, 1.807) is 0 Å². The molecule has 0 unspecified atom stereocenters. The summed E-state index contributed by atoms with van der Waals surface area (Å²) in [7, 11) is 0. The number of aliphatic hydroxyl groups excluding tert-OH is 1. The highest BCUT2D eigenvalue weighted by molar-refractivity contribution is 5.68. The van der Waals surface area contributed by atoms with Crippen LogP contribution in [0.4, 0.5) is 4.79 Å². The van der Waals surface area contributed by atoms with Crippen LogP contribution in [0.5, 0.6) is 0 Å². The molecule has 4 heteroatoms. The number of aryl methyl sites for hydroxylation is 1. The Kier molecular flexibility index (Phi) is 6.05. The van der Waals surface area contributed by atoms with Gasteiger partial charge in [0.15, 0.2) is 0 Å². The molecule has 0 spiro atoms. The molecule has 0 atom stereocenters. The van der Waals surface area contributed by atoms with Crippen LogP contribution in [0.2, 0.25) is 0 Å². The molecular weight excluding hydrogens is 290 g/mol. The number of rotatable bonds is 4. The molecule has 1 amide bonds. The Labute approximate surface area is 139 Å². The highest BCUT2D eigenvalue weighted by Gasteiger charge is 2.26. The van der Waals surface area contributed by atoms with E-state index in [2.05, 4.69) is 12.1 Å². The molecule has 2 rings (SSSR count). The van der Waals surface area contributed by atoms with Crippen molar-refractivity contribution >= 4 is 6.09 Å². The molecule has 0 saturated carbocycles. The van der Waals surface area contributed by atoms with Gasteiger partial charge in [-0.1, -0.05) is 24.3 Å². The summed E-state index contributed by atoms with van der Waals surface area (Å²) in [6.07, 6.45) is 4.13. The molecule has 0 aliphatic carbocycles. The van der Waals surface area contributed by atoms with Gasteiger partial charge in [-0.2, -0.15) is 0 Å². The second-order valence-electron chi connectivity index (χ2n) is 7.42. The van der Waals surface area contributed by atoms with Gasteiger partial charge in [0.2, 0.25) is 0 Å². The van der Waals surface area contributed by atoms with E-state index < -0.39 is 5.60 Å². The number of ether oxygens (including phenoxy) is 1. The number of benzene rings is 1. The van der Waals surface area contributed by atoms with E-state index in [-0.39, 0.29) is 12.7 Å². The summed E-state index contributed by atoms with van der Waals surface area (Å²) < 4.78 is 5.43. The number of amides is 1. The Morgan fingerprint density at radius 2 is 1.74 bits per heavy atom. The van der Waals surface area contributed by atoms with Crippen molar-refractivity contribution in [3.8, 4) is 0 Å². The van der Waals surface area contributed by atoms with E-state index in [1.165, 1.54) is 5.56 Å². The van der Waals surface area contributed by atoms with E-state index in [0.717, 1.165) is 44.3 Å². The van der Waals surface area contributed by atoms with E-state index >= 15 is 0 Å². The maximum atomic E-state index is 12.0. The third-order valence-corrected chi connectivity index (χ3v) is 4.31. The van der Waals surface area contributed by atoms with Gasteiger partial charge in [-0.05, 0) is 63.5 Å². The lowest BCUT2D eigenvalue weighted by Gasteiger charge is -2.33. The van der Waals surface area contributed by atoms with Crippen molar-refractivity contribution in [2.75, 3.05) is 13.1 Å². The Morgan fingerprint density at radius 3 is 2.26 bits per heavy atom. The summed E-state index contributed by atoms with van der Waals surface area (Å²) in [4.78, 5) is 13.9. The van der Waals surface area contributed by atoms with Gasteiger partial charge in [0.1, 0.15) is 5.60 Å². The van der Waals surface area contributed by atoms with Gasteiger partial charge in [0, 0.05) is 13.1 Å². The van der Waals surface area contributed by atoms with Gasteiger partial charge in [0.25, 0.3) is 0 Å². The van der Waals surface area contributed by atoms with Crippen molar-refractivity contribution < 1.29 is 14.6 Å². The molecule has 1 aromatic carbocycles. The number of piperidine rings is 1. The molecule has 1 aromatic rings. The zero-order valence-corrected chi connectivity index (χ0v) is 14.5. The number of likely N-dealkylation sites (tertiary alicyclic amines) is 1. The maximum Gasteiger partial charge on any atom is 0.410 e. The van der Waals surface area contributed by atoms with Crippen LogP contribution in [0, 0.1) is 5.92 Å². The number of nitrogens with zero attached hydrogens (tertiary/aromatic N) is 1. The van der Waals surface area contributed by atoms with E-state index in [4.69, 9.17) is 9.84 Å². The molecule has 0 bridgehead atoms. The van der Waals surface area contributed by atoms with Gasteiger partial charge >= 0.3 is 6.09 Å². The molecule has 1 heterocycles. The third-order valence-electron chi connectivity index (χ3n) is 4.31. The van der Waals surface area contributed by atoms with E-state index in [0.29, 0.717) is 5.92 Å². The standard InChI is InChI=1S/C19H29NO3/c1-19(2,3)23-18(22)20-12-10-16(11-13-20)5-4-15-6-8-17(14-21)9-7-15/h6-9,16,21H,4-5,10-14H2,1-3H3. The molecule has 1 N–H and O–H groups in total. The average Bonchev–Trinajstić information content (AvgIpc) is 2.52. The molecule has 0 radical (unpaired) electrons. The molecule has 1 saturated heterocycles. The van der Waals surface area contributed by atoms with Crippen LogP contribution >= 0.6 is 0 Å². The minimum absolute atomic E-state index is 0.101. The fourth-order valence-corrected chi connectivity index (χ4v) is 2.91. The Morgan fingerprint density at radius 1 is 1.17 bits per heavy atom. The zero-order valence-electron chi connectivity index (χ0n) is 14.5. The highest BCUT2D eigenvalue weighted by Crippen LogP contribution is 2.24. The quantitative estimate of drug-likeness (QED) is 0.919. The summed E-state index contributed by atoms with van der Waals surface area (Å²) >= 11 is 0. The lowest BCUT2D eigenvalue weighted by atomic mass is 9.90. The second kappa shape index (κ2) is 7.82. The summed E-state index contributed by atoms with van der Waals surface area (Å²) in [6, 6.07) is 8.17. The van der Waals surface area contributed by atoms with Crippen molar-refractivity contribution in [1.29, 1.82) is 0 Å². The molecule has 0 aromatic heterocycles. The van der Waals surface area contributed by atoms with Crippen molar-refractivity contribution in [3.05, 3.63) is 35.4 Å². The Hall–Kier alpha value is -1.55. The van der Waals surface area contributed by atoms with Crippen LogP contribution in [0.3, 0.4) is 0 Å². The second-order valence-corrected chi connectivity index (χ2v) is 7.42. The van der Waals surface area contributed by atoms with Crippen molar-refractivity contribution in [2.45, 2.75) is 58.7 Å².